The number of hydrogen-bond donors (Lipinski definition) is 2. The molecule has 0 saturated heterocycles. The van der Waals surface area contributed by atoms with Gasteiger partial charge in [0.2, 0.25) is 0 Å². The van der Waals surface area contributed by atoms with E-state index in [2.05, 4.69) is 12.2 Å². The molecule has 21 heavy (non-hydrogen) atoms. The van der Waals surface area contributed by atoms with Gasteiger partial charge in [-0.05, 0) is 30.5 Å². The summed E-state index contributed by atoms with van der Waals surface area (Å²) in [6.45, 7) is 4.95. The molecular weight excluding hydrogens is 266 g/mol. The molecule has 0 amide bonds. The first kappa shape index (κ1) is 17.7. The largest absolute Gasteiger partial charge is 0.469 e. The van der Waals surface area contributed by atoms with Crippen molar-refractivity contribution >= 4 is 5.97 Å². The van der Waals surface area contributed by atoms with Crippen LogP contribution in [-0.4, -0.2) is 30.8 Å². The van der Waals surface area contributed by atoms with E-state index in [1.54, 1.807) is 0 Å². The summed E-state index contributed by atoms with van der Waals surface area (Å²) < 4.78 is 4.71. The number of aliphatic hydroxyl groups excluding tert-OH is 1. The molecule has 2 N–H and O–H groups in total. The number of carbonyl (C=O) groups excluding carboxylic acids is 1. The Morgan fingerprint density at radius 3 is 2.43 bits per heavy atom. The van der Waals surface area contributed by atoms with Gasteiger partial charge in [0.15, 0.2) is 0 Å². The number of hydrogen-bond acceptors (Lipinski definition) is 4. The van der Waals surface area contributed by atoms with Crippen LogP contribution < -0.4 is 5.32 Å². The fourth-order valence-electron chi connectivity index (χ4n) is 2.29. The van der Waals surface area contributed by atoms with Crippen LogP contribution in [0.15, 0.2) is 24.3 Å². The van der Waals surface area contributed by atoms with E-state index >= 15 is 0 Å². The lowest BCUT2D eigenvalue weighted by Crippen LogP contribution is -2.37. The quantitative estimate of drug-likeness (QED) is 0.687. The van der Waals surface area contributed by atoms with Gasteiger partial charge in [0, 0.05) is 6.04 Å². The summed E-state index contributed by atoms with van der Waals surface area (Å²) in [6.07, 6.45) is 2.53. The molecule has 0 bridgehead atoms. The molecule has 0 heterocycles. The molecule has 0 spiro atoms. The normalized spacial score (nSPS) is 13.7. The number of nitrogens with one attached hydrogen (secondary N) is 1. The molecular formula is C17H27NO3. The molecule has 0 aliphatic rings. The molecule has 1 aromatic carbocycles. The van der Waals surface area contributed by atoms with Crippen LogP contribution in [0.4, 0.5) is 0 Å². The predicted molar refractivity (Wildman–Crippen MR) is 84.1 cm³/mol. The van der Waals surface area contributed by atoms with E-state index in [1.165, 1.54) is 12.7 Å². The van der Waals surface area contributed by atoms with Gasteiger partial charge in [-0.15, -0.1) is 0 Å². The van der Waals surface area contributed by atoms with E-state index in [9.17, 15) is 9.90 Å². The van der Waals surface area contributed by atoms with Crippen LogP contribution in [0.1, 0.15) is 50.3 Å². The maximum atomic E-state index is 11.5. The summed E-state index contributed by atoms with van der Waals surface area (Å²) in [5.74, 6) is -0.315. The second-order valence-electron chi connectivity index (χ2n) is 5.28. The molecule has 118 valence electrons. The molecule has 4 heteroatoms. The van der Waals surface area contributed by atoms with Gasteiger partial charge in [-0.3, -0.25) is 4.79 Å². The molecule has 1 aromatic rings. The average molecular weight is 293 g/mol. The third kappa shape index (κ3) is 5.86. The number of carbonyl (C=O) groups is 1. The minimum atomic E-state index is -0.716. The van der Waals surface area contributed by atoms with Crippen molar-refractivity contribution < 1.29 is 14.6 Å². The first-order valence-corrected chi connectivity index (χ1v) is 7.69. The number of methoxy groups -OCH3 is 1. The van der Waals surface area contributed by atoms with Gasteiger partial charge in [0.25, 0.3) is 0 Å². The zero-order valence-corrected chi connectivity index (χ0v) is 13.3. The lowest BCUT2D eigenvalue weighted by Gasteiger charge is -2.23. The van der Waals surface area contributed by atoms with E-state index in [1.807, 2.05) is 31.2 Å². The summed E-state index contributed by atoms with van der Waals surface area (Å²) in [4.78, 5) is 11.5. The summed E-state index contributed by atoms with van der Waals surface area (Å²) in [5.41, 5.74) is 2.09. The van der Waals surface area contributed by atoms with E-state index in [-0.39, 0.29) is 18.4 Å². The van der Waals surface area contributed by atoms with Crippen molar-refractivity contribution in [1.29, 1.82) is 0 Å². The third-order valence-corrected chi connectivity index (χ3v) is 3.51. The first-order chi connectivity index (χ1) is 10.1. The van der Waals surface area contributed by atoms with Gasteiger partial charge in [0.1, 0.15) is 0 Å². The highest BCUT2D eigenvalue weighted by Crippen LogP contribution is 2.20. The van der Waals surface area contributed by atoms with Crippen molar-refractivity contribution in [2.45, 2.75) is 51.7 Å². The lowest BCUT2D eigenvalue weighted by molar-refractivity contribution is -0.142. The molecule has 2 unspecified atom stereocenters. The van der Waals surface area contributed by atoms with Crippen LogP contribution in [0.25, 0.3) is 0 Å². The third-order valence-electron chi connectivity index (χ3n) is 3.51. The predicted octanol–water partition coefficient (Wildman–Crippen LogP) is 2.60. The van der Waals surface area contributed by atoms with Gasteiger partial charge in [-0.1, -0.05) is 44.5 Å². The molecule has 0 fully saturated rings. The Morgan fingerprint density at radius 1 is 1.24 bits per heavy atom. The van der Waals surface area contributed by atoms with Crippen molar-refractivity contribution in [3.63, 3.8) is 0 Å². The SMILES string of the molecule is CCCNC(CC(=O)OC)C(O)c1ccc(CCC)cc1. The van der Waals surface area contributed by atoms with Crippen molar-refractivity contribution in [1.82, 2.24) is 5.32 Å². The summed E-state index contributed by atoms with van der Waals surface area (Å²) in [5, 5.41) is 13.7. The first-order valence-electron chi connectivity index (χ1n) is 7.69. The number of aryl methyl sites for hydroxylation is 1. The number of esters is 1. The summed E-state index contributed by atoms with van der Waals surface area (Å²) in [7, 11) is 1.37. The fourth-order valence-corrected chi connectivity index (χ4v) is 2.29. The fraction of sp³-hybridized carbons (Fsp3) is 0.588. The summed E-state index contributed by atoms with van der Waals surface area (Å²) >= 11 is 0. The minimum Gasteiger partial charge on any atom is -0.469 e. The Bertz CT molecular complexity index is 417. The van der Waals surface area contributed by atoms with Crippen LogP contribution in [0.3, 0.4) is 0 Å². The maximum Gasteiger partial charge on any atom is 0.307 e. The average Bonchev–Trinajstić information content (AvgIpc) is 2.51. The number of aliphatic hydroxyl groups is 1. The molecule has 1 rings (SSSR count). The highest BCUT2D eigenvalue weighted by Gasteiger charge is 2.23. The molecule has 0 aromatic heterocycles. The molecule has 2 atom stereocenters. The monoisotopic (exact) mass is 293 g/mol. The van der Waals surface area contributed by atoms with Crippen LogP contribution in [0.2, 0.25) is 0 Å². The van der Waals surface area contributed by atoms with Gasteiger partial charge in [0.05, 0.1) is 19.6 Å². The zero-order chi connectivity index (χ0) is 15.7. The van der Waals surface area contributed by atoms with Crippen molar-refractivity contribution in [3.8, 4) is 0 Å². The van der Waals surface area contributed by atoms with Gasteiger partial charge >= 0.3 is 5.97 Å². The second kappa shape index (κ2) is 9.53. The molecule has 4 nitrogen and oxygen atoms in total. The highest BCUT2D eigenvalue weighted by molar-refractivity contribution is 5.70. The van der Waals surface area contributed by atoms with Crippen LogP contribution in [-0.2, 0) is 16.0 Å². The van der Waals surface area contributed by atoms with Gasteiger partial charge < -0.3 is 15.2 Å². The van der Waals surface area contributed by atoms with Crippen molar-refractivity contribution in [3.05, 3.63) is 35.4 Å². The smallest absolute Gasteiger partial charge is 0.307 e. The van der Waals surface area contributed by atoms with Crippen LogP contribution in [0.5, 0.6) is 0 Å². The van der Waals surface area contributed by atoms with E-state index < -0.39 is 6.10 Å². The Balaban J connectivity index is 2.77. The van der Waals surface area contributed by atoms with Crippen molar-refractivity contribution in [2.75, 3.05) is 13.7 Å². The number of rotatable bonds is 9. The van der Waals surface area contributed by atoms with Gasteiger partial charge in [-0.2, -0.15) is 0 Å². The Hall–Kier alpha value is -1.39. The number of ether oxygens (including phenoxy) is 1. The standard InChI is InChI=1S/C17H27NO3/c1-4-6-13-7-9-14(10-8-13)17(20)15(18-11-5-2)12-16(19)21-3/h7-10,15,17-18,20H,4-6,11-12H2,1-3H3. The lowest BCUT2D eigenvalue weighted by atomic mass is 9.97. The Morgan fingerprint density at radius 2 is 1.90 bits per heavy atom. The van der Waals surface area contributed by atoms with E-state index in [0.29, 0.717) is 0 Å². The Kier molecular flexibility index (Phi) is 8.01. The molecule has 0 radical (unpaired) electrons. The molecule has 0 saturated carbocycles. The molecule has 0 aliphatic heterocycles. The van der Waals surface area contributed by atoms with Crippen molar-refractivity contribution in [2.24, 2.45) is 0 Å². The van der Waals surface area contributed by atoms with E-state index in [4.69, 9.17) is 4.74 Å². The number of benzene rings is 1. The second-order valence-corrected chi connectivity index (χ2v) is 5.28. The van der Waals surface area contributed by atoms with Gasteiger partial charge in [-0.25, -0.2) is 0 Å². The van der Waals surface area contributed by atoms with E-state index in [0.717, 1.165) is 31.4 Å². The highest BCUT2D eigenvalue weighted by atomic mass is 16.5. The van der Waals surface area contributed by atoms with Crippen LogP contribution >= 0.6 is 0 Å². The topological polar surface area (TPSA) is 58.6 Å². The minimum absolute atomic E-state index is 0.161. The van der Waals surface area contributed by atoms with Crippen LogP contribution in [0, 0.1) is 0 Å². The summed E-state index contributed by atoms with van der Waals surface area (Å²) in [6, 6.07) is 7.63. The Labute approximate surface area is 127 Å². The maximum absolute atomic E-state index is 11.5. The molecule has 0 aliphatic carbocycles. The zero-order valence-electron chi connectivity index (χ0n) is 13.3.